The van der Waals surface area contributed by atoms with Crippen molar-refractivity contribution in [2.45, 2.75) is 58.0 Å². The van der Waals surface area contributed by atoms with Gasteiger partial charge in [0, 0.05) is 18.2 Å². The molecule has 1 aliphatic carbocycles. The summed E-state index contributed by atoms with van der Waals surface area (Å²) in [5.41, 5.74) is 3.42. The Balaban J connectivity index is 1.76. The van der Waals surface area contributed by atoms with Crippen LogP contribution >= 0.6 is 0 Å². The number of carbonyl (C=O) groups excluding carboxylic acids is 1. The van der Waals surface area contributed by atoms with E-state index in [0.29, 0.717) is 12.0 Å². The predicted molar refractivity (Wildman–Crippen MR) is 85.4 cm³/mol. The first-order valence-corrected chi connectivity index (χ1v) is 8.38. The lowest BCUT2D eigenvalue weighted by Gasteiger charge is -2.25. The Bertz CT molecular complexity index is 512. The van der Waals surface area contributed by atoms with Crippen molar-refractivity contribution < 1.29 is 4.79 Å². The van der Waals surface area contributed by atoms with Crippen LogP contribution in [0.25, 0.3) is 0 Å². The Morgan fingerprint density at radius 1 is 1.24 bits per heavy atom. The number of amides is 1. The minimum Gasteiger partial charge on any atom is -0.349 e. The van der Waals surface area contributed by atoms with Crippen molar-refractivity contribution in [2.75, 3.05) is 6.54 Å². The van der Waals surface area contributed by atoms with Gasteiger partial charge in [-0.1, -0.05) is 38.3 Å². The van der Waals surface area contributed by atoms with Crippen molar-refractivity contribution in [2.24, 2.45) is 5.92 Å². The number of nitrogens with one attached hydrogen (secondary N) is 2. The number of carbonyl (C=O) groups is 1. The monoisotopic (exact) mass is 286 g/mol. The summed E-state index contributed by atoms with van der Waals surface area (Å²) in [5, 5.41) is 6.69. The van der Waals surface area contributed by atoms with Gasteiger partial charge < -0.3 is 10.6 Å². The van der Waals surface area contributed by atoms with E-state index in [1.807, 2.05) is 12.1 Å². The highest BCUT2D eigenvalue weighted by molar-refractivity contribution is 5.96. The minimum atomic E-state index is 0.132. The molecule has 1 aromatic rings. The molecular weight excluding hydrogens is 260 g/mol. The summed E-state index contributed by atoms with van der Waals surface area (Å²) < 4.78 is 0. The molecule has 1 aromatic carbocycles. The molecule has 1 fully saturated rings. The quantitative estimate of drug-likeness (QED) is 0.821. The van der Waals surface area contributed by atoms with Crippen molar-refractivity contribution in [1.29, 1.82) is 0 Å². The Morgan fingerprint density at radius 2 is 2.10 bits per heavy atom. The van der Waals surface area contributed by atoms with E-state index in [2.05, 4.69) is 23.6 Å². The van der Waals surface area contributed by atoms with Crippen molar-refractivity contribution >= 4 is 5.91 Å². The van der Waals surface area contributed by atoms with Crippen LogP contribution in [0.5, 0.6) is 0 Å². The molecule has 3 heteroatoms. The second-order valence-corrected chi connectivity index (χ2v) is 6.57. The van der Waals surface area contributed by atoms with Gasteiger partial charge in [-0.2, -0.15) is 0 Å². The maximum absolute atomic E-state index is 12.7. The Kier molecular flexibility index (Phi) is 4.59. The van der Waals surface area contributed by atoms with E-state index in [4.69, 9.17) is 0 Å². The van der Waals surface area contributed by atoms with Gasteiger partial charge in [0.25, 0.3) is 5.91 Å². The molecule has 0 bridgehead atoms. The van der Waals surface area contributed by atoms with E-state index < -0.39 is 0 Å². The molecule has 21 heavy (non-hydrogen) atoms. The third kappa shape index (κ3) is 3.29. The average molecular weight is 286 g/mol. The molecule has 2 aliphatic rings. The molecule has 3 nitrogen and oxygen atoms in total. The van der Waals surface area contributed by atoms with Crippen molar-refractivity contribution in [3.63, 3.8) is 0 Å². The summed E-state index contributed by atoms with van der Waals surface area (Å²) in [5.74, 6) is 0.727. The Labute approximate surface area is 127 Å². The van der Waals surface area contributed by atoms with Gasteiger partial charge in [-0.25, -0.2) is 0 Å². The van der Waals surface area contributed by atoms with Crippen LogP contribution in [0.1, 0.15) is 60.5 Å². The van der Waals surface area contributed by atoms with Gasteiger partial charge in [-0.15, -0.1) is 0 Å². The van der Waals surface area contributed by atoms with Gasteiger partial charge in [0.15, 0.2) is 0 Å². The zero-order valence-corrected chi connectivity index (χ0v) is 13.0. The summed E-state index contributed by atoms with van der Waals surface area (Å²) >= 11 is 0. The molecule has 0 aromatic heterocycles. The highest BCUT2D eigenvalue weighted by atomic mass is 16.1. The second-order valence-electron chi connectivity index (χ2n) is 6.57. The lowest BCUT2D eigenvalue weighted by Crippen LogP contribution is -2.39. The molecule has 3 rings (SSSR count). The fraction of sp³-hybridized carbons (Fsp3) is 0.611. The Morgan fingerprint density at radius 3 is 3.00 bits per heavy atom. The molecule has 1 saturated carbocycles. The molecule has 1 amide bonds. The molecule has 114 valence electrons. The third-order valence-electron chi connectivity index (χ3n) is 5.06. The molecular formula is C18H26N2O. The topological polar surface area (TPSA) is 41.1 Å². The van der Waals surface area contributed by atoms with Gasteiger partial charge in [0.1, 0.15) is 0 Å². The van der Waals surface area contributed by atoms with E-state index in [1.165, 1.54) is 36.8 Å². The SMILES string of the molecule is CC1CCCCCC1NC(=O)c1cccc2c1CCNC2. The van der Waals surface area contributed by atoms with E-state index in [9.17, 15) is 4.79 Å². The molecule has 1 aliphatic heterocycles. The number of hydrogen-bond acceptors (Lipinski definition) is 2. The van der Waals surface area contributed by atoms with Crippen LogP contribution in [0.15, 0.2) is 18.2 Å². The number of benzene rings is 1. The van der Waals surface area contributed by atoms with E-state index in [0.717, 1.165) is 31.5 Å². The second kappa shape index (κ2) is 6.61. The molecule has 1 heterocycles. The average Bonchev–Trinajstić information content (AvgIpc) is 2.71. The molecule has 2 atom stereocenters. The standard InChI is InChI=1S/C18H26N2O/c1-13-6-3-2-4-9-17(13)20-18(21)16-8-5-7-14-12-19-11-10-15(14)16/h5,7-8,13,17,19H,2-4,6,9-12H2,1H3,(H,20,21). The summed E-state index contributed by atoms with van der Waals surface area (Å²) in [4.78, 5) is 12.7. The predicted octanol–water partition coefficient (Wildman–Crippen LogP) is 3.03. The molecule has 2 unspecified atom stereocenters. The molecule has 0 saturated heterocycles. The van der Waals surface area contributed by atoms with Crippen LogP contribution in [-0.4, -0.2) is 18.5 Å². The largest absolute Gasteiger partial charge is 0.349 e. The summed E-state index contributed by atoms with van der Waals surface area (Å²) in [6, 6.07) is 6.47. The van der Waals surface area contributed by atoms with E-state index in [1.54, 1.807) is 0 Å². The normalized spacial score (nSPS) is 25.8. The van der Waals surface area contributed by atoms with E-state index in [-0.39, 0.29) is 5.91 Å². The van der Waals surface area contributed by atoms with Gasteiger partial charge in [-0.05, 0) is 48.9 Å². The first-order valence-electron chi connectivity index (χ1n) is 8.38. The third-order valence-corrected chi connectivity index (χ3v) is 5.06. The van der Waals surface area contributed by atoms with Gasteiger partial charge in [-0.3, -0.25) is 4.79 Å². The molecule has 2 N–H and O–H groups in total. The lowest BCUT2D eigenvalue weighted by atomic mass is 9.93. The highest BCUT2D eigenvalue weighted by Crippen LogP contribution is 2.24. The minimum absolute atomic E-state index is 0.132. The van der Waals surface area contributed by atoms with Crippen molar-refractivity contribution in [3.8, 4) is 0 Å². The fourth-order valence-corrected chi connectivity index (χ4v) is 3.70. The summed E-state index contributed by atoms with van der Waals surface area (Å²) in [7, 11) is 0. The zero-order chi connectivity index (χ0) is 14.7. The fourth-order valence-electron chi connectivity index (χ4n) is 3.70. The highest BCUT2D eigenvalue weighted by Gasteiger charge is 2.24. The van der Waals surface area contributed by atoms with Crippen LogP contribution in [0.4, 0.5) is 0 Å². The first kappa shape index (κ1) is 14.6. The maximum Gasteiger partial charge on any atom is 0.251 e. The van der Waals surface area contributed by atoms with E-state index >= 15 is 0 Å². The number of hydrogen-bond donors (Lipinski definition) is 2. The summed E-state index contributed by atoms with van der Waals surface area (Å²) in [6.45, 7) is 4.13. The van der Waals surface area contributed by atoms with Crippen molar-refractivity contribution in [3.05, 3.63) is 34.9 Å². The number of fused-ring (bicyclic) bond motifs is 1. The van der Waals surface area contributed by atoms with Crippen LogP contribution in [-0.2, 0) is 13.0 Å². The summed E-state index contributed by atoms with van der Waals surface area (Å²) in [6.07, 6.45) is 7.18. The van der Waals surface area contributed by atoms with Gasteiger partial charge in [0.2, 0.25) is 0 Å². The van der Waals surface area contributed by atoms with Gasteiger partial charge in [0.05, 0.1) is 0 Å². The van der Waals surface area contributed by atoms with Crippen LogP contribution in [0.3, 0.4) is 0 Å². The maximum atomic E-state index is 12.7. The smallest absolute Gasteiger partial charge is 0.251 e. The molecule has 0 spiro atoms. The van der Waals surface area contributed by atoms with Crippen LogP contribution in [0, 0.1) is 5.92 Å². The van der Waals surface area contributed by atoms with Crippen LogP contribution in [0.2, 0.25) is 0 Å². The zero-order valence-electron chi connectivity index (χ0n) is 13.0. The Hall–Kier alpha value is -1.35. The molecule has 0 radical (unpaired) electrons. The van der Waals surface area contributed by atoms with Crippen LogP contribution < -0.4 is 10.6 Å². The lowest BCUT2D eigenvalue weighted by molar-refractivity contribution is 0.0920. The van der Waals surface area contributed by atoms with Crippen molar-refractivity contribution in [1.82, 2.24) is 10.6 Å². The van der Waals surface area contributed by atoms with Gasteiger partial charge >= 0.3 is 0 Å². The number of rotatable bonds is 2. The first-order chi connectivity index (χ1) is 10.3.